The number of benzene rings is 2. The molecule has 2 amide bonds. The lowest BCUT2D eigenvalue weighted by Gasteiger charge is -2.20. The van der Waals surface area contributed by atoms with Gasteiger partial charge in [-0.3, -0.25) is 9.69 Å². The Kier molecular flexibility index (Phi) is 5.98. The second kappa shape index (κ2) is 9.11. The number of carbonyl (C=O) groups excluding carboxylic acids is 1. The number of urea groups is 1. The van der Waals surface area contributed by atoms with Crippen LogP contribution in [-0.2, 0) is 13.0 Å². The van der Waals surface area contributed by atoms with E-state index in [4.69, 9.17) is 20.9 Å². The summed E-state index contributed by atoms with van der Waals surface area (Å²) in [5.41, 5.74) is 4.31. The van der Waals surface area contributed by atoms with Crippen LogP contribution in [0.3, 0.4) is 0 Å². The maximum absolute atomic E-state index is 13.7. The molecular formula is C26H25ClN4O4. The molecule has 180 valence electrons. The van der Waals surface area contributed by atoms with Gasteiger partial charge in [0, 0.05) is 41.7 Å². The van der Waals surface area contributed by atoms with Crippen molar-refractivity contribution in [1.29, 1.82) is 0 Å². The number of anilines is 1. The number of hydrogen-bond acceptors (Lipinski definition) is 5. The van der Waals surface area contributed by atoms with Crippen LogP contribution in [0.2, 0.25) is 5.02 Å². The van der Waals surface area contributed by atoms with Crippen LogP contribution in [0.25, 0.3) is 22.0 Å². The Hall–Kier alpha value is -3.78. The fourth-order valence-corrected chi connectivity index (χ4v) is 4.76. The average Bonchev–Trinajstić information content (AvgIpc) is 3.42. The summed E-state index contributed by atoms with van der Waals surface area (Å²) < 4.78 is 12.8. The lowest BCUT2D eigenvalue weighted by atomic mass is 10.00. The van der Waals surface area contributed by atoms with Crippen LogP contribution in [0.4, 0.5) is 10.5 Å². The van der Waals surface area contributed by atoms with E-state index in [9.17, 15) is 9.59 Å². The smallest absolute Gasteiger partial charge is 0.322 e. The summed E-state index contributed by atoms with van der Waals surface area (Å²) in [5, 5.41) is 8.33. The Bertz CT molecular complexity index is 1470. The summed E-state index contributed by atoms with van der Waals surface area (Å²) in [6.45, 7) is 5.08. The molecule has 1 aliphatic heterocycles. The molecule has 5 rings (SSSR count). The highest BCUT2D eigenvalue weighted by atomic mass is 35.5. The standard InChI is InChI=1S/C26H25ClN4O4/c1-15-24(16(2)35-29-15)20-12-18-13-22(31-11-9-28-26(31)33)25(32)30(21(18)14-23(20)34-3)10-8-17-4-6-19(27)7-5-17/h4-7,12-14H,8-11H2,1-3H3,(H,28,33). The van der Waals surface area contributed by atoms with Gasteiger partial charge >= 0.3 is 6.03 Å². The van der Waals surface area contributed by atoms with Crippen molar-refractivity contribution in [2.24, 2.45) is 0 Å². The lowest BCUT2D eigenvalue weighted by molar-refractivity contribution is 0.252. The van der Waals surface area contributed by atoms with E-state index in [0.29, 0.717) is 48.3 Å². The van der Waals surface area contributed by atoms with Crippen molar-refractivity contribution >= 4 is 34.2 Å². The van der Waals surface area contributed by atoms with E-state index < -0.39 is 0 Å². The van der Waals surface area contributed by atoms with Gasteiger partial charge in [0.15, 0.2) is 0 Å². The van der Waals surface area contributed by atoms with Gasteiger partial charge in [-0.25, -0.2) is 4.79 Å². The van der Waals surface area contributed by atoms with Crippen LogP contribution in [0.15, 0.2) is 51.8 Å². The second-order valence-corrected chi connectivity index (χ2v) is 8.99. The summed E-state index contributed by atoms with van der Waals surface area (Å²) in [6, 6.07) is 12.9. The molecule has 1 saturated heterocycles. The summed E-state index contributed by atoms with van der Waals surface area (Å²) in [4.78, 5) is 27.6. The number of hydrogen-bond donors (Lipinski definition) is 1. The first-order chi connectivity index (χ1) is 16.9. The molecule has 0 spiro atoms. The maximum atomic E-state index is 13.7. The zero-order valence-corrected chi connectivity index (χ0v) is 20.5. The third kappa shape index (κ3) is 4.14. The number of aromatic nitrogens is 2. The fourth-order valence-electron chi connectivity index (χ4n) is 4.63. The Labute approximate surface area is 207 Å². The van der Waals surface area contributed by atoms with Gasteiger partial charge in [-0.2, -0.15) is 0 Å². The van der Waals surface area contributed by atoms with Gasteiger partial charge in [-0.1, -0.05) is 28.9 Å². The number of carbonyl (C=O) groups is 1. The molecule has 1 fully saturated rings. The first kappa shape index (κ1) is 23.0. The van der Waals surface area contributed by atoms with Crippen molar-refractivity contribution in [2.75, 3.05) is 25.1 Å². The second-order valence-electron chi connectivity index (χ2n) is 8.56. The van der Waals surface area contributed by atoms with Crippen molar-refractivity contribution in [3.63, 3.8) is 0 Å². The van der Waals surface area contributed by atoms with Gasteiger partial charge in [0.1, 0.15) is 17.2 Å². The van der Waals surface area contributed by atoms with Crippen LogP contribution < -0.4 is 20.5 Å². The molecule has 9 heteroatoms. The van der Waals surface area contributed by atoms with Crippen molar-refractivity contribution in [2.45, 2.75) is 26.8 Å². The number of fused-ring (bicyclic) bond motifs is 1. The summed E-state index contributed by atoms with van der Waals surface area (Å²) >= 11 is 6.03. The molecule has 0 bridgehead atoms. The van der Waals surface area contributed by atoms with Gasteiger partial charge in [-0.15, -0.1) is 0 Å². The van der Waals surface area contributed by atoms with E-state index >= 15 is 0 Å². The Morgan fingerprint density at radius 2 is 1.91 bits per heavy atom. The molecule has 0 atom stereocenters. The molecule has 1 aliphatic rings. The number of methoxy groups -OCH3 is 1. The minimum atomic E-state index is -0.273. The molecule has 0 unspecified atom stereocenters. The van der Waals surface area contributed by atoms with Crippen LogP contribution in [0.1, 0.15) is 17.0 Å². The highest BCUT2D eigenvalue weighted by Crippen LogP contribution is 2.38. The SMILES string of the molecule is COc1cc2c(cc1-c1c(C)noc1C)cc(N1CCNC1=O)c(=O)n2CCc1ccc(Cl)cc1. The number of halogens is 1. The summed E-state index contributed by atoms with van der Waals surface area (Å²) in [6.07, 6.45) is 0.621. The zero-order chi connectivity index (χ0) is 24.7. The van der Waals surface area contributed by atoms with Crippen molar-refractivity contribution in [1.82, 2.24) is 15.0 Å². The summed E-state index contributed by atoms with van der Waals surface area (Å²) in [5.74, 6) is 1.29. The fraction of sp³-hybridized carbons (Fsp3) is 0.269. The van der Waals surface area contributed by atoms with E-state index in [1.165, 1.54) is 4.90 Å². The quantitative estimate of drug-likeness (QED) is 0.421. The average molecular weight is 493 g/mol. The minimum Gasteiger partial charge on any atom is -0.496 e. The van der Waals surface area contributed by atoms with Gasteiger partial charge in [0.25, 0.3) is 5.56 Å². The number of pyridine rings is 1. The minimum absolute atomic E-state index is 0.226. The molecule has 4 aromatic rings. The van der Waals surface area contributed by atoms with Crippen LogP contribution in [-0.4, -0.2) is 36.0 Å². The van der Waals surface area contributed by atoms with Crippen LogP contribution in [0.5, 0.6) is 5.75 Å². The Balaban J connectivity index is 1.70. The van der Waals surface area contributed by atoms with Crippen molar-refractivity contribution < 1.29 is 14.1 Å². The molecular weight excluding hydrogens is 468 g/mol. The van der Waals surface area contributed by atoms with E-state index in [0.717, 1.165) is 33.3 Å². The molecule has 2 aromatic heterocycles. The number of nitrogens with one attached hydrogen (secondary N) is 1. The predicted molar refractivity (Wildman–Crippen MR) is 136 cm³/mol. The normalized spacial score (nSPS) is 13.5. The first-order valence-corrected chi connectivity index (χ1v) is 11.7. The third-order valence-electron chi connectivity index (χ3n) is 6.38. The molecule has 8 nitrogen and oxygen atoms in total. The lowest BCUT2D eigenvalue weighted by Crippen LogP contribution is -2.35. The van der Waals surface area contributed by atoms with Gasteiger partial charge < -0.3 is 19.1 Å². The number of amides is 2. The van der Waals surface area contributed by atoms with E-state index in [2.05, 4.69) is 10.5 Å². The highest BCUT2D eigenvalue weighted by Gasteiger charge is 2.26. The predicted octanol–water partition coefficient (Wildman–Crippen LogP) is 4.71. The van der Waals surface area contributed by atoms with Gasteiger partial charge in [0.05, 0.1) is 23.9 Å². The molecule has 0 aliphatic carbocycles. The number of ether oxygens (including phenoxy) is 1. The van der Waals surface area contributed by atoms with Gasteiger partial charge in [-0.05, 0) is 50.1 Å². The first-order valence-electron chi connectivity index (χ1n) is 11.4. The van der Waals surface area contributed by atoms with Crippen LogP contribution >= 0.6 is 11.6 Å². The van der Waals surface area contributed by atoms with E-state index in [-0.39, 0.29) is 11.6 Å². The van der Waals surface area contributed by atoms with E-state index in [1.54, 1.807) is 17.7 Å². The molecule has 1 N–H and O–H groups in total. The number of aryl methyl sites for hydroxylation is 4. The Morgan fingerprint density at radius 1 is 1.14 bits per heavy atom. The summed E-state index contributed by atoms with van der Waals surface area (Å²) in [7, 11) is 1.60. The van der Waals surface area contributed by atoms with E-state index in [1.807, 2.05) is 50.2 Å². The molecule has 0 radical (unpaired) electrons. The molecule has 0 saturated carbocycles. The monoisotopic (exact) mass is 492 g/mol. The van der Waals surface area contributed by atoms with Gasteiger partial charge in [0.2, 0.25) is 0 Å². The zero-order valence-electron chi connectivity index (χ0n) is 19.7. The highest BCUT2D eigenvalue weighted by molar-refractivity contribution is 6.30. The molecule has 2 aromatic carbocycles. The van der Waals surface area contributed by atoms with Crippen molar-refractivity contribution in [3.8, 4) is 16.9 Å². The Morgan fingerprint density at radius 3 is 2.54 bits per heavy atom. The topological polar surface area (TPSA) is 89.6 Å². The molecule has 35 heavy (non-hydrogen) atoms. The largest absolute Gasteiger partial charge is 0.496 e. The number of rotatable bonds is 6. The third-order valence-corrected chi connectivity index (χ3v) is 6.64. The molecule has 3 heterocycles. The maximum Gasteiger partial charge on any atom is 0.322 e. The number of nitrogens with zero attached hydrogens (tertiary/aromatic N) is 3. The van der Waals surface area contributed by atoms with Crippen molar-refractivity contribution in [3.05, 3.63) is 74.9 Å². The van der Waals surface area contributed by atoms with Crippen LogP contribution in [0, 0.1) is 13.8 Å².